The van der Waals surface area contributed by atoms with Gasteiger partial charge in [-0.2, -0.15) is 0 Å². The molecule has 1 unspecified atom stereocenters. The van der Waals surface area contributed by atoms with Crippen molar-refractivity contribution in [2.45, 2.75) is 64.8 Å². The first-order valence-electron chi connectivity index (χ1n) is 7.32. The fraction of sp³-hybridized carbons (Fsp3) is 1.00. The van der Waals surface area contributed by atoms with Gasteiger partial charge in [-0.25, -0.2) is 0 Å². The van der Waals surface area contributed by atoms with Gasteiger partial charge in [0.15, 0.2) is 0 Å². The number of rotatable bonds is 8. The lowest BCUT2D eigenvalue weighted by atomic mass is 10.0. The second-order valence-corrected chi connectivity index (χ2v) is 5.08. The smallest absolute Gasteiger partial charge is 0.00675 e. The zero-order valence-corrected chi connectivity index (χ0v) is 11.3. The van der Waals surface area contributed by atoms with Crippen LogP contribution in [0.2, 0.25) is 0 Å². The Balaban J connectivity index is 2.02. The van der Waals surface area contributed by atoms with Gasteiger partial charge in [0.2, 0.25) is 0 Å². The lowest BCUT2D eigenvalue weighted by molar-refractivity contribution is 0.265. The Kier molecular flexibility index (Phi) is 7.87. The predicted octanol–water partition coefficient (Wildman–Crippen LogP) is 3.03. The normalized spacial score (nSPS) is 21.6. The van der Waals surface area contributed by atoms with Gasteiger partial charge < -0.3 is 10.2 Å². The summed E-state index contributed by atoms with van der Waals surface area (Å²) in [7, 11) is 0. The van der Waals surface area contributed by atoms with E-state index >= 15 is 0 Å². The average Bonchev–Trinajstić information content (AvgIpc) is 2.35. The molecule has 0 spiro atoms. The van der Waals surface area contributed by atoms with Crippen LogP contribution in [-0.4, -0.2) is 37.1 Å². The van der Waals surface area contributed by atoms with Crippen LogP contribution in [-0.2, 0) is 0 Å². The first-order chi connectivity index (χ1) is 7.86. The highest BCUT2D eigenvalue weighted by Gasteiger charge is 2.12. The summed E-state index contributed by atoms with van der Waals surface area (Å²) in [6.45, 7) is 9.63. The topological polar surface area (TPSA) is 15.3 Å². The molecular weight excluding hydrogens is 196 g/mol. The Morgan fingerprint density at radius 3 is 2.56 bits per heavy atom. The van der Waals surface area contributed by atoms with E-state index in [0.717, 1.165) is 6.04 Å². The molecule has 0 aromatic heterocycles. The van der Waals surface area contributed by atoms with Crippen molar-refractivity contribution in [1.29, 1.82) is 0 Å². The summed E-state index contributed by atoms with van der Waals surface area (Å²) < 4.78 is 0. The van der Waals surface area contributed by atoms with Crippen LogP contribution in [0.5, 0.6) is 0 Å². The number of nitrogens with one attached hydrogen (secondary N) is 1. The maximum Gasteiger partial charge on any atom is 0.00675 e. The van der Waals surface area contributed by atoms with E-state index in [1.165, 1.54) is 71.1 Å². The number of hydrogen-bond acceptors (Lipinski definition) is 2. The van der Waals surface area contributed by atoms with E-state index in [-0.39, 0.29) is 0 Å². The molecule has 0 aromatic rings. The predicted molar refractivity (Wildman–Crippen MR) is 71.9 cm³/mol. The van der Waals surface area contributed by atoms with Crippen molar-refractivity contribution in [1.82, 2.24) is 10.2 Å². The molecule has 2 heteroatoms. The van der Waals surface area contributed by atoms with Crippen LogP contribution >= 0.6 is 0 Å². The Bertz CT molecular complexity index is 153. The van der Waals surface area contributed by atoms with E-state index in [2.05, 4.69) is 24.1 Å². The number of hydrogen-bond donors (Lipinski definition) is 1. The lowest BCUT2D eigenvalue weighted by Crippen LogP contribution is -2.35. The van der Waals surface area contributed by atoms with Crippen molar-refractivity contribution in [3.63, 3.8) is 0 Å². The van der Waals surface area contributed by atoms with Gasteiger partial charge in [0, 0.05) is 6.04 Å². The third-order valence-electron chi connectivity index (χ3n) is 3.71. The van der Waals surface area contributed by atoms with Crippen molar-refractivity contribution < 1.29 is 0 Å². The molecule has 0 aromatic carbocycles. The van der Waals surface area contributed by atoms with Gasteiger partial charge in [-0.1, -0.05) is 26.7 Å². The molecule has 16 heavy (non-hydrogen) atoms. The van der Waals surface area contributed by atoms with Crippen LogP contribution in [0.3, 0.4) is 0 Å². The Hall–Kier alpha value is -0.0800. The summed E-state index contributed by atoms with van der Waals surface area (Å²) >= 11 is 0. The summed E-state index contributed by atoms with van der Waals surface area (Å²) in [5.41, 5.74) is 0. The zero-order valence-electron chi connectivity index (χ0n) is 11.3. The summed E-state index contributed by atoms with van der Waals surface area (Å²) in [5, 5.41) is 3.64. The largest absolute Gasteiger partial charge is 0.314 e. The number of nitrogens with zero attached hydrogens (tertiary/aromatic N) is 1. The first-order valence-corrected chi connectivity index (χ1v) is 7.32. The molecule has 1 rings (SSSR count). The summed E-state index contributed by atoms with van der Waals surface area (Å²) in [4.78, 5) is 2.60. The van der Waals surface area contributed by atoms with Crippen molar-refractivity contribution in [2.75, 3.05) is 26.2 Å². The number of unbranched alkanes of at least 4 members (excludes halogenated alkanes) is 1. The van der Waals surface area contributed by atoms with E-state index in [0.29, 0.717) is 0 Å². The fourth-order valence-electron chi connectivity index (χ4n) is 2.54. The summed E-state index contributed by atoms with van der Waals surface area (Å²) in [5.74, 6) is 0. The van der Waals surface area contributed by atoms with Crippen LogP contribution in [0, 0.1) is 0 Å². The van der Waals surface area contributed by atoms with E-state index in [9.17, 15) is 0 Å². The first kappa shape index (κ1) is 14.0. The lowest BCUT2D eigenvalue weighted by Gasteiger charge is -2.25. The molecule has 96 valence electrons. The van der Waals surface area contributed by atoms with Crippen LogP contribution in [0.4, 0.5) is 0 Å². The van der Waals surface area contributed by atoms with Crippen LogP contribution < -0.4 is 5.32 Å². The van der Waals surface area contributed by atoms with Crippen molar-refractivity contribution in [3.8, 4) is 0 Å². The maximum atomic E-state index is 3.64. The van der Waals surface area contributed by atoms with Gasteiger partial charge in [0.05, 0.1) is 0 Å². The van der Waals surface area contributed by atoms with E-state index in [1.807, 2.05) is 0 Å². The third kappa shape index (κ3) is 5.86. The van der Waals surface area contributed by atoms with Gasteiger partial charge in [0.1, 0.15) is 0 Å². The van der Waals surface area contributed by atoms with Gasteiger partial charge >= 0.3 is 0 Å². The van der Waals surface area contributed by atoms with Gasteiger partial charge in [-0.15, -0.1) is 0 Å². The van der Waals surface area contributed by atoms with E-state index in [4.69, 9.17) is 0 Å². The Morgan fingerprint density at radius 2 is 1.94 bits per heavy atom. The van der Waals surface area contributed by atoms with Crippen LogP contribution in [0.25, 0.3) is 0 Å². The molecular formula is C14H30N2. The summed E-state index contributed by atoms with van der Waals surface area (Å²) in [6, 6.07) is 0.818. The molecule has 0 bridgehead atoms. The molecule has 2 nitrogen and oxygen atoms in total. The molecule has 0 amide bonds. The molecule has 1 N–H and O–H groups in total. The van der Waals surface area contributed by atoms with E-state index in [1.54, 1.807) is 0 Å². The van der Waals surface area contributed by atoms with Crippen molar-refractivity contribution >= 4 is 0 Å². The quantitative estimate of drug-likeness (QED) is 0.684. The third-order valence-corrected chi connectivity index (χ3v) is 3.71. The van der Waals surface area contributed by atoms with Gasteiger partial charge in [-0.3, -0.25) is 0 Å². The highest BCUT2D eigenvalue weighted by Crippen LogP contribution is 2.12. The maximum absolute atomic E-state index is 3.64. The van der Waals surface area contributed by atoms with Crippen LogP contribution in [0.1, 0.15) is 58.8 Å². The van der Waals surface area contributed by atoms with Gasteiger partial charge in [-0.05, 0) is 58.3 Å². The Morgan fingerprint density at radius 1 is 1.12 bits per heavy atom. The van der Waals surface area contributed by atoms with Crippen LogP contribution in [0.15, 0.2) is 0 Å². The standard InChI is InChI=1S/C14H30N2/c1-3-5-12-16(4-2)13-8-10-14-9-6-7-11-15-14/h14-15H,3-13H2,1-2H3. The molecule has 1 fully saturated rings. The molecule has 1 heterocycles. The minimum atomic E-state index is 0.818. The average molecular weight is 226 g/mol. The molecule has 1 aliphatic heterocycles. The highest BCUT2D eigenvalue weighted by atomic mass is 15.1. The SMILES string of the molecule is CCCCN(CC)CCCC1CCCCN1. The fourth-order valence-corrected chi connectivity index (χ4v) is 2.54. The molecule has 0 saturated carbocycles. The molecule has 1 atom stereocenters. The van der Waals surface area contributed by atoms with Crippen molar-refractivity contribution in [2.24, 2.45) is 0 Å². The minimum absolute atomic E-state index is 0.818. The van der Waals surface area contributed by atoms with Gasteiger partial charge in [0.25, 0.3) is 0 Å². The highest BCUT2D eigenvalue weighted by molar-refractivity contribution is 4.72. The second-order valence-electron chi connectivity index (χ2n) is 5.08. The zero-order chi connectivity index (χ0) is 11.6. The Labute approximate surface area is 102 Å². The second kappa shape index (κ2) is 9.00. The minimum Gasteiger partial charge on any atom is -0.314 e. The monoisotopic (exact) mass is 226 g/mol. The number of piperidine rings is 1. The van der Waals surface area contributed by atoms with Crippen molar-refractivity contribution in [3.05, 3.63) is 0 Å². The van der Waals surface area contributed by atoms with E-state index < -0.39 is 0 Å². The molecule has 0 radical (unpaired) electrons. The molecule has 1 aliphatic rings. The molecule has 0 aliphatic carbocycles. The summed E-state index contributed by atoms with van der Waals surface area (Å²) in [6.07, 6.45) is 9.65. The molecule has 1 saturated heterocycles.